The number of hydrogen-bond donors (Lipinski definition) is 4. The topological polar surface area (TPSA) is 228 Å². The van der Waals surface area contributed by atoms with Crippen molar-refractivity contribution in [1.82, 2.24) is 25.4 Å². The maximum Gasteiger partial charge on any atom is 0.318 e. The number of aryl methyl sites for hydroxylation is 1. The lowest BCUT2D eigenvalue weighted by Crippen LogP contribution is -2.58. The van der Waals surface area contributed by atoms with Gasteiger partial charge < -0.3 is 51.3 Å². The van der Waals surface area contributed by atoms with Crippen molar-refractivity contribution in [3.05, 3.63) is 35.9 Å². The fraction of sp³-hybridized carbons (Fsp3) is 0.605. The monoisotopic (exact) mass is 810 g/mol. The van der Waals surface area contributed by atoms with Crippen LogP contribution in [0.3, 0.4) is 0 Å². The zero-order valence-electron chi connectivity index (χ0n) is 32.5. The number of benzene rings is 1. The molecule has 8 N–H and O–H groups in total. The number of carbonyl (C=O) groups is 4. The van der Waals surface area contributed by atoms with Crippen molar-refractivity contribution in [2.24, 2.45) is 11.7 Å². The van der Waals surface area contributed by atoms with Crippen LogP contribution in [-0.2, 0) is 14.4 Å². The first-order valence-electron chi connectivity index (χ1n) is 18.5. The van der Waals surface area contributed by atoms with Crippen LogP contribution in [0.25, 0.3) is 10.9 Å². The molecule has 5 atom stereocenters. The molecule has 2 saturated heterocycles. The van der Waals surface area contributed by atoms with Gasteiger partial charge in [-0.2, -0.15) is 12.6 Å². The molecular weight excluding hydrogens is 755 g/mol. The normalized spacial score (nSPS) is 26.4. The number of nitrogens with one attached hydrogen (secondary N) is 2. The summed E-state index contributed by atoms with van der Waals surface area (Å²) in [6.07, 6.45) is 7.71. The second-order valence-electron chi connectivity index (χ2n) is 14.6. The van der Waals surface area contributed by atoms with Crippen molar-refractivity contribution in [3.63, 3.8) is 0 Å². The van der Waals surface area contributed by atoms with Crippen molar-refractivity contribution in [1.29, 1.82) is 0 Å². The molecule has 6 rings (SSSR count). The Kier molecular flexibility index (Phi) is 15.7. The first kappa shape index (κ1) is 46.0. The van der Waals surface area contributed by atoms with E-state index in [0.717, 1.165) is 29.7 Å². The van der Waals surface area contributed by atoms with E-state index in [1.54, 1.807) is 25.5 Å². The number of nitrogens with two attached hydrogens (primary N) is 1. The van der Waals surface area contributed by atoms with Gasteiger partial charge >= 0.3 is 6.03 Å². The summed E-state index contributed by atoms with van der Waals surface area (Å²) in [5, 5.41) is 6.24. The number of pyridine rings is 1. The first-order chi connectivity index (χ1) is 25.7. The maximum atomic E-state index is 14.5. The average molecular weight is 811 g/mol. The number of likely N-dealkylation sites (tertiary alicyclic amines) is 1. The number of alkyl halides is 2. The second kappa shape index (κ2) is 19.1. The Morgan fingerprint density at radius 1 is 1.12 bits per heavy atom. The molecule has 3 fully saturated rings. The van der Waals surface area contributed by atoms with Crippen LogP contribution in [0.15, 0.2) is 30.4 Å². The predicted octanol–water partition coefficient (Wildman–Crippen LogP) is 2.88. The van der Waals surface area contributed by atoms with E-state index in [0.29, 0.717) is 41.1 Å². The van der Waals surface area contributed by atoms with E-state index in [1.165, 1.54) is 4.90 Å². The molecule has 15 nitrogen and oxygen atoms in total. The predicted molar refractivity (Wildman–Crippen MR) is 209 cm³/mol. The summed E-state index contributed by atoms with van der Waals surface area (Å²) in [4.78, 5) is 61.6. The van der Waals surface area contributed by atoms with Gasteiger partial charge in [0.2, 0.25) is 23.6 Å². The van der Waals surface area contributed by atoms with Crippen molar-refractivity contribution in [2.75, 3.05) is 33.0 Å². The lowest BCUT2D eigenvalue weighted by molar-refractivity contribution is -0.141. The zero-order chi connectivity index (χ0) is 39.4. The summed E-state index contributed by atoms with van der Waals surface area (Å²) in [6, 6.07) is 2.37. The second-order valence-corrected chi connectivity index (χ2v) is 14.6. The number of halogens is 2. The molecule has 0 bridgehead atoms. The maximum absolute atomic E-state index is 14.5. The van der Waals surface area contributed by atoms with E-state index < -0.39 is 66.4 Å². The summed E-state index contributed by atoms with van der Waals surface area (Å²) in [7, 11) is 1.57. The van der Waals surface area contributed by atoms with Crippen LogP contribution < -0.4 is 30.6 Å². The molecule has 312 valence electrons. The van der Waals surface area contributed by atoms with E-state index in [4.69, 9.17) is 24.9 Å². The Bertz CT molecular complexity index is 1770. The molecule has 18 heteroatoms. The quantitative estimate of drug-likeness (QED) is 0.240. The fourth-order valence-corrected chi connectivity index (χ4v) is 7.50. The van der Waals surface area contributed by atoms with E-state index in [-0.39, 0.29) is 48.9 Å². The number of amides is 5. The highest BCUT2D eigenvalue weighted by Gasteiger charge is 2.60. The summed E-state index contributed by atoms with van der Waals surface area (Å²) in [5.41, 5.74) is 5.91. The van der Waals surface area contributed by atoms with E-state index in [2.05, 4.69) is 23.3 Å². The number of rotatable bonds is 7. The fourth-order valence-electron chi connectivity index (χ4n) is 7.50. The lowest BCUT2D eigenvalue weighted by atomic mass is 10.0. The third-order valence-corrected chi connectivity index (χ3v) is 10.4. The number of nitrogens with zero attached hydrogens (tertiary/aromatic N) is 3. The molecule has 3 aliphatic heterocycles. The van der Waals surface area contributed by atoms with Crippen LogP contribution in [0.1, 0.15) is 70.8 Å². The molecule has 0 unspecified atom stereocenters. The van der Waals surface area contributed by atoms with Crippen LogP contribution in [-0.4, -0.2) is 118 Å². The minimum atomic E-state index is -3.00. The lowest BCUT2D eigenvalue weighted by Gasteiger charge is -2.30. The van der Waals surface area contributed by atoms with Crippen LogP contribution in [0.2, 0.25) is 0 Å². The molecule has 0 spiro atoms. The van der Waals surface area contributed by atoms with Crippen LogP contribution in [0, 0.1) is 12.8 Å². The number of hydrogen-bond acceptors (Lipinski definition) is 9. The highest BCUT2D eigenvalue weighted by atomic mass is 32.1. The van der Waals surface area contributed by atoms with Gasteiger partial charge in [0, 0.05) is 42.3 Å². The van der Waals surface area contributed by atoms with Gasteiger partial charge in [0.15, 0.2) is 0 Å². The minimum absolute atomic E-state index is 0. The standard InChI is InChI=1S/C37H48F2N6O7.CH4S.2H2O/c1-21(2)51-30-17-29(25-12-13-28(50-4)22(3)31(25)42-30)52-24-16-27-32(46)43-37(34(40)48)18-23(37)10-8-6-5-7-9-11-26(33(47)45(27)19-24)41-35(49)44-15-14-36(38,39)20-44;1-2;;/h8,10,12-13,17,21,23-24,26-27H,5-7,9,11,14-16,18-20H2,1-4H3,(H2,40,48)(H,41,49)(H,43,46);2H,1H3;2*1H2/b10-8-;;;/t23-,24-,26+,27+,37-;;;/m1.../s1. The SMILES string of the molecule is COc1ccc2c(O[C@@H]3C[C@H]4C(=O)N[C@]5(C(N)=O)C[C@H]5/C=C\CCCCC[C@H](NC(=O)N5CCC(F)(F)C5)C(=O)N4C3)cc(OC(C)C)nc2c1C.CS.O.O. The number of methoxy groups -OCH3 is 1. The summed E-state index contributed by atoms with van der Waals surface area (Å²) in [6.45, 7) is 4.72. The molecule has 5 amide bonds. The van der Waals surface area contributed by atoms with Crippen LogP contribution >= 0.6 is 12.6 Å². The number of fused-ring (bicyclic) bond motifs is 3. The summed E-state index contributed by atoms with van der Waals surface area (Å²) in [5.74, 6) is -3.68. The van der Waals surface area contributed by atoms with Gasteiger partial charge in [-0.3, -0.25) is 14.4 Å². The minimum Gasteiger partial charge on any atom is -0.496 e. The molecule has 0 radical (unpaired) electrons. The number of carbonyl (C=O) groups excluding carboxylic acids is 4. The largest absolute Gasteiger partial charge is 0.496 e. The number of primary amides is 1. The highest BCUT2D eigenvalue weighted by Crippen LogP contribution is 2.45. The molecule has 4 heterocycles. The van der Waals surface area contributed by atoms with Gasteiger partial charge in [-0.25, -0.2) is 18.6 Å². The van der Waals surface area contributed by atoms with Crippen LogP contribution in [0.5, 0.6) is 17.4 Å². The van der Waals surface area contributed by atoms with Crippen molar-refractivity contribution >= 4 is 47.3 Å². The number of allylic oxidation sites excluding steroid dienone is 1. The molecule has 4 aliphatic rings. The Hall–Kier alpha value is -4.42. The summed E-state index contributed by atoms with van der Waals surface area (Å²) >= 11 is 3.53. The van der Waals surface area contributed by atoms with Gasteiger partial charge in [0.1, 0.15) is 35.2 Å². The van der Waals surface area contributed by atoms with Crippen molar-refractivity contribution < 1.29 is 53.1 Å². The Balaban J connectivity index is 0.00000207. The van der Waals surface area contributed by atoms with Crippen LogP contribution in [0.4, 0.5) is 13.6 Å². The van der Waals surface area contributed by atoms with Crippen molar-refractivity contribution in [2.45, 2.75) is 108 Å². The van der Waals surface area contributed by atoms with E-state index in [1.807, 2.05) is 39.0 Å². The number of urea groups is 1. The number of aromatic nitrogens is 1. The zero-order valence-corrected chi connectivity index (χ0v) is 33.4. The average Bonchev–Trinajstić information content (AvgIpc) is 3.44. The Labute approximate surface area is 331 Å². The highest BCUT2D eigenvalue weighted by molar-refractivity contribution is 7.79. The molecule has 1 saturated carbocycles. The van der Waals surface area contributed by atoms with Gasteiger partial charge in [-0.15, -0.1) is 0 Å². The molecule has 1 aromatic heterocycles. The Morgan fingerprint density at radius 2 is 1.86 bits per heavy atom. The molecule has 1 aromatic carbocycles. The number of ether oxygens (including phenoxy) is 3. The third-order valence-electron chi connectivity index (χ3n) is 10.4. The molecule has 56 heavy (non-hydrogen) atoms. The van der Waals surface area contributed by atoms with Gasteiger partial charge in [-0.1, -0.05) is 25.0 Å². The molecular formula is C38H56F2N6O9S. The van der Waals surface area contributed by atoms with Gasteiger partial charge in [0.05, 0.1) is 31.8 Å². The molecule has 1 aliphatic carbocycles. The van der Waals surface area contributed by atoms with Gasteiger partial charge in [0.25, 0.3) is 5.92 Å². The summed E-state index contributed by atoms with van der Waals surface area (Å²) < 4.78 is 46.1. The molecule has 2 aromatic rings. The third kappa shape index (κ3) is 10.1. The smallest absolute Gasteiger partial charge is 0.318 e. The first-order valence-corrected chi connectivity index (χ1v) is 19.4. The van der Waals surface area contributed by atoms with Crippen molar-refractivity contribution in [3.8, 4) is 17.4 Å². The van der Waals surface area contributed by atoms with E-state index in [9.17, 15) is 28.0 Å². The number of thiol groups is 1. The Morgan fingerprint density at radius 3 is 2.50 bits per heavy atom. The van der Waals surface area contributed by atoms with Gasteiger partial charge in [-0.05, 0) is 64.8 Å². The van der Waals surface area contributed by atoms with E-state index >= 15 is 0 Å².